The third kappa shape index (κ3) is 3.81. The summed E-state index contributed by atoms with van der Waals surface area (Å²) in [5, 5.41) is 2.08. The van der Waals surface area contributed by atoms with E-state index in [-0.39, 0.29) is 6.10 Å². The van der Waals surface area contributed by atoms with Crippen LogP contribution in [0.1, 0.15) is 29.9 Å². The maximum absolute atomic E-state index is 6.02. The molecular formula is C20H23N3O2S. The van der Waals surface area contributed by atoms with Crippen molar-refractivity contribution in [3.63, 3.8) is 0 Å². The van der Waals surface area contributed by atoms with E-state index in [1.807, 2.05) is 19.1 Å². The highest BCUT2D eigenvalue weighted by molar-refractivity contribution is 7.13. The molecule has 6 heteroatoms. The molecule has 1 aliphatic rings. The third-order valence-corrected chi connectivity index (χ3v) is 5.80. The maximum atomic E-state index is 6.02. The van der Waals surface area contributed by atoms with Gasteiger partial charge in [-0.2, -0.15) is 0 Å². The first-order chi connectivity index (χ1) is 12.7. The van der Waals surface area contributed by atoms with E-state index in [4.69, 9.17) is 14.1 Å². The number of oxazole rings is 1. The molecule has 0 unspecified atom stereocenters. The Balaban J connectivity index is 1.35. The fourth-order valence-corrected chi connectivity index (χ4v) is 4.12. The number of nitrogens with zero attached hydrogens (tertiary/aromatic N) is 3. The minimum absolute atomic E-state index is 0.262. The van der Waals surface area contributed by atoms with Gasteiger partial charge in [0.15, 0.2) is 0 Å². The number of hydrogen-bond donors (Lipinski definition) is 0. The predicted molar refractivity (Wildman–Crippen MR) is 102 cm³/mol. The van der Waals surface area contributed by atoms with E-state index < -0.39 is 0 Å². The summed E-state index contributed by atoms with van der Waals surface area (Å²) >= 11 is 1.68. The second kappa shape index (κ2) is 7.60. The molecule has 1 saturated heterocycles. The molecule has 0 N–H and O–H groups in total. The van der Waals surface area contributed by atoms with Crippen molar-refractivity contribution in [3.8, 4) is 16.5 Å². The molecule has 0 spiro atoms. The first-order valence-corrected chi connectivity index (χ1v) is 9.87. The molecule has 0 bridgehead atoms. The van der Waals surface area contributed by atoms with Gasteiger partial charge in [-0.1, -0.05) is 0 Å². The normalized spacial score (nSPS) is 16.1. The second-order valence-corrected chi connectivity index (χ2v) is 7.65. The van der Waals surface area contributed by atoms with Crippen molar-refractivity contribution < 1.29 is 9.15 Å². The lowest BCUT2D eigenvalue weighted by atomic mass is 10.1. The number of thiophene rings is 1. The van der Waals surface area contributed by atoms with E-state index in [9.17, 15) is 0 Å². The Hall–Kier alpha value is -2.18. The van der Waals surface area contributed by atoms with E-state index in [0.717, 1.165) is 60.4 Å². The highest BCUT2D eigenvalue weighted by atomic mass is 32.1. The monoisotopic (exact) mass is 369 g/mol. The molecular weight excluding hydrogens is 346 g/mol. The van der Waals surface area contributed by atoms with Crippen LogP contribution >= 0.6 is 11.3 Å². The molecule has 0 aliphatic carbocycles. The zero-order valence-corrected chi connectivity index (χ0v) is 16.0. The number of rotatable bonds is 5. The minimum atomic E-state index is 0.262. The summed E-state index contributed by atoms with van der Waals surface area (Å²) in [4.78, 5) is 12.4. The summed E-state index contributed by atoms with van der Waals surface area (Å²) in [7, 11) is 0. The molecule has 0 saturated carbocycles. The van der Waals surface area contributed by atoms with Crippen molar-refractivity contribution in [2.45, 2.75) is 39.3 Å². The van der Waals surface area contributed by atoms with Crippen LogP contribution in [0.15, 0.2) is 40.4 Å². The van der Waals surface area contributed by atoms with Gasteiger partial charge in [-0.25, -0.2) is 4.98 Å². The van der Waals surface area contributed by atoms with Crippen molar-refractivity contribution >= 4 is 11.3 Å². The van der Waals surface area contributed by atoms with Gasteiger partial charge in [-0.05, 0) is 55.8 Å². The van der Waals surface area contributed by atoms with E-state index >= 15 is 0 Å². The molecule has 1 fully saturated rings. The summed E-state index contributed by atoms with van der Waals surface area (Å²) < 4.78 is 11.9. The maximum Gasteiger partial charge on any atom is 0.237 e. The number of pyridine rings is 1. The summed E-state index contributed by atoms with van der Waals surface area (Å²) in [5.74, 6) is 2.52. The summed E-state index contributed by atoms with van der Waals surface area (Å²) in [6, 6.07) is 5.98. The van der Waals surface area contributed by atoms with Crippen molar-refractivity contribution in [1.82, 2.24) is 14.9 Å². The highest BCUT2D eigenvalue weighted by Gasteiger charge is 2.23. The molecule has 0 amide bonds. The molecule has 4 rings (SSSR count). The van der Waals surface area contributed by atoms with Crippen LogP contribution < -0.4 is 4.74 Å². The predicted octanol–water partition coefficient (Wildman–Crippen LogP) is 4.46. The Morgan fingerprint density at radius 3 is 2.81 bits per heavy atom. The molecule has 0 radical (unpaired) electrons. The fourth-order valence-electron chi connectivity index (χ4n) is 3.27. The second-order valence-electron chi connectivity index (χ2n) is 6.74. The molecule has 26 heavy (non-hydrogen) atoms. The lowest BCUT2D eigenvalue weighted by molar-refractivity contribution is 0.0957. The number of piperidine rings is 1. The Kier molecular flexibility index (Phi) is 5.04. The van der Waals surface area contributed by atoms with Crippen LogP contribution in [0.5, 0.6) is 5.75 Å². The SMILES string of the molecule is Cc1ccsc1-c1nc(CN2CCC(Oc3cccnc3)CC2)c(C)o1. The number of likely N-dealkylation sites (tertiary alicyclic amines) is 1. The molecule has 0 atom stereocenters. The average Bonchev–Trinajstić information content (AvgIpc) is 3.23. The van der Waals surface area contributed by atoms with Gasteiger partial charge in [0.1, 0.15) is 17.6 Å². The van der Waals surface area contributed by atoms with Crippen LogP contribution in [0.2, 0.25) is 0 Å². The van der Waals surface area contributed by atoms with Gasteiger partial charge < -0.3 is 9.15 Å². The van der Waals surface area contributed by atoms with Gasteiger partial charge in [-0.3, -0.25) is 9.88 Å². The fraction of sp³-hybridized carbons (Fsp3) is 0.400. The number of ether oxygens (including phenoxy) is 1. The van der Waals surface area contributed by atoms with Crippen LogP contribution in [0, 0.1) is 13.8 Å². The molecule has 0 aromatic carbocycles. The highest BCUT2D eigenvalue weighted by Crippen LogP contribution is 2.30. The molecule has 1 aliphatic heterocycles. The van der Waals surface area contributed by atoms with Gasteiger partial charge in [0, 0.05) is 25.8 Å². The lowest BCUT2D eigenvalue weighted by Gasteiger charge is -2.31. The first kappa shape index (κ1) is 17.2. The standard InChI is InChI=1S/C20H23N3O2S/c1-14-7-11-26-19(14)20-22-18(15(2)24-20)13-23-9-5-16(6-10-23)25-17-4-3-8-21-12-17/h3-4,7-8,11-12,16H,5-6,9-10,13H2,1-2H3. The molecule has 136 valence electrons. The van der Waals surface area contributed by atoms with E-state index in [1.54, 1.807) is 23.7 Å². The van der Waals surface area contributed by atoms with Gasteiger partial charge in [0.2, 0.25) is 5.89 Å². The molecule has 4 heterocycles. The van der Waals surface area contributed by atoms with Gasteiger partial charge in [0.25, 0.3) is 0 Å². The lowest BCUT2D eigenvalue weighted by Crippen LogP contribution is -2.38. The number of hydrogen-bond acceptors (Lipinski definition) is 6. The van der Waals surface area contributed by atoms with Crippen LogP contribution in [0.3, 0.4) is 0 Å². The smallest absolute Gasteiger partial charge is 0.237 e. The van der Waals surface area contributed by atoms with E-state index in [2.05, 4.69) is 28.3 Å². The van der Waals surface area contributed by atoms with E-state index in [0.29, 0.717) is 0 Å². The Bertz CT molecular complexity index is 851. The number of aromatic nitrogens is 2. The quantitative estimate of drug-likeness (QED) is 0.665. The Labute approximate surface area is 157 Å². The summed E-state index contributed by atoms with van der Waals surface area (Å²) in [6.45, 7) is 6.94. The van der Waals surface area contributed by atoms with Gasteiger partial charge >= 0.3 is 0 Å². The zero-order valence-electron chi connectivity index (χ0n) is 15.1. The number of aryl methyl sites for hydroxylation is 2. The van der Waals surface area contributed by atoms with Crippen molar-refractivity contribution in [2.75, 3.05) is 13.1 Å². The Morgan fingerprint density at radius 2 is 2.12 bits per heavy atom. The van der Waals surface area contributed by atoms with Crippen LogP contribution in [0.25, 0.3) is 10.8 Å². The topological polar surface area (TPSA) is 51.4 Å². The minimum Gasteiger partial charge on any atom is -0.489 e. The van der Waals surface area contributed by atoms with Crippen molar-refractivity contribution in [2.24, 2.45) is 0 Å². The van der Waals surface area contributed by atoms with Crippen LogP contribution in [-0.2, 0) is 6.54 Å². The summed E-state index contributed by atoms with van der Waals surface area (Å²) in [6.07, 6.45) is 5.84. The van der Waals surface area contributed by atoms with E-state index in [1.165, 1.54) is 5.56 Å². The average molecular weight is 369 g/mol. The van der Waals surface area contributed by atoms with Gasteiger partial charge in [-0.15, -0.1) is 11.3 Å². The first-order valence-electron chi connectivity index (χ1n) is 8.99. The molecule has 3 aromatic rings. The van der Waals surface area contributed by atoms with Gasteiger partial charge in [0.05, 0.1) is 16.8 Å². The largest absolute Gasteiger partial charge is 0.489 e. The van der Waals surface area contributed by atoms with Crippen molar-refractivity contribution in [3.05, 3.63) is 53.0 Å². The van der Waals surface area contributed by atoms with Crippen LogP contribution in [-0.4, -0.2) is 34.1 Å². The summed E-state index contributed by atoms with van der Waals surface area (Å²) in [5.41, 5.74) is 2.26. The zero-order chi connectivity index (χ0) is 17.9. The van der Waals surface area contributed by atoms with Crippen molar-refractivity contribution in [1.29, 1.82) is 0 Å². The molecule has 3 aromatic heterocycles. The third-order valence-electron chi connectivity index (χ3n) is 4.79. The Morgan fingerprint density at radius 1 is 1.27 bits per heavy atom. The molecule has 5 nitrogen and oxygen atoms in total. The van der Waals surface area contributed by atoms with Crippen LogP contribution in [0.4, 0.5) is 0 Å².